The molecule has 0 fully saturated rings. The zero-order chi connectivity index (χ0) is 13.5. The zero-order valence-corrected chi connectivity index (χ0v) is 11.9. The topological polar surface area (TPSA) is 63.2 Å². The van der Waals surface area contributed by atoms with E-state index in [1.807, 2.05) is 6.92 Å². The lowest BCUT2D eigenvalue weighted by atomic mass is 10.2. The number of hydrogen-bond acceptors (Lipinski definition) is 6. The largest absolute Gasteiger partial charge is 0.464 e. The minimum Gasteiger partial charge on any atom is -0.464 e. The summed E-state index contributed by atoms with van der Waals surface area (Å²) in [5, 5.41) is 2.93. The molecule has 0 aliphatic heterocycles. The first kappa shape index (κ1) is 14.5. The van der Waals surface area contributed by atoms with Gasteiger partial charge in [-0.2, -0.15) is 15.0 Å². The average Bonchev–Trinajstić information content (AvgIpc) is 2.39. The van der Waals surface area contributed by atoms with E-state index in [1.165, 1.54) is 0 Å². The highest BCUT2D eigenvalue weighted by molar-refractivity contribution is 5.38. The number of anilines is 2. The van der Waals surface area contributed by atoms with Gasteiger partial charge in [-0.05, 0) is 27.2 Å². The molecule has 1 aromatic heterocycles. The van der Waals surface area contributed by atoms with Crippen molar-refractivity contribution in [2.75, 3.05) is 30.4 Å². The van der Waals surface area contributed by atoms with Crippen molar-refractivity contribution in [2.45, 2.75) is 40.2 Å². The number of ether oxygens (including phenoxy) is 1. The Morgan fingerprint density at radius 2 is 1.94 bits per heavy atom. The van der Waals surface area contributed by atoms with Crippen LogP contribution in [0.3, 0.4) is 0 Å². The molecule has 0 aliphatic carbocycles. The molecule has 6 heteroatoms. The maximum absolute atomic E-state index is 5.37. The van der Waals surface area contributed by atoms with Gasteiger partial charge in [-0.25, -0.2) is 0 Å². The summed E-state index contributed by atoms with van der Waals surface area (Å²) in [6.45, 7) is 9.71. The van der Waals surface area contributed by atoms with Crippen LogP contribution in [0.5, 0.6) is 6.01 Å². The first-order valence-corrected chi connectivity index (χ1v) is 6.49. The monoisotopic (exact) mass is 253 g/mol. The number of nitrogens with zero attached hydrogens (tertiary/aromatic N) is 4. The summed E-state index contributed by atoms with van der Waals surface area (Å²) >= 11 is 0. The first-order valence-electron chi connectivity index (χ1n) is 6.49. The van der Waals surface area contributed by atoms with Crippen molar-refractivity contribution in [1.82, 2.24) is 15.0 Å². The number of hydrogen-bond donors (Lipinski definition) is 1. The van der Waals surface area contributed by atoms with Crippen molar-refractivity contribution in [3.63, 3.8) is 0 Å². The van der Waals surface area contributed by atoms with Gasteiger partial charge in [0.1, 0.15) is 0 Å². The van der Waals surface area contributed by atoms with Crippen LogP contribution in [0.25, 0.3) is 0 Å². The fourth-order valence-electron chi connectivity index (χ4n) is 1.65. The lowest BCUT2D eigenvalue weighted by Crippen LogP contribution is -2.34. The smallest absolute Gasteiger partial charge is 0.323 e. The van der Waals surface area contributed by atoms with Gasteiger partial charge in [0.15, 0.2) is 0 Å². The van der Waals surface area contributed by atoms with Crippen LogP contribution >= 0.6 is 0 Å². The SMILES string of the molecule is CCOc1nc(NC)nc(N(CC)C(C)CC)n1. The lowest BCUT2D eigenvalue weighted by molar-refractivity contribution is 0.311. The van der Waals surface area contributed by atoms with E-state index in [1.54, 1.807) is 7.05 Å². The Kier molecular flexibility index (Phi) is 5.61. The van der Waals surface area contributed by atoms with Crippen molar-refractivity contribution in [3.8, 4) is 6.01 Å². The Morgan fingerprint density at radius 1 is 1.22 bits per heavy atom. The average molecular weight is 253 g/mol. The molecule has 0 aromatic carbocycles. The zero-order valence-electron chi connectivity index (χ0n) is 11.9. The van der Waals surface area contributed by atoms with Crippen LogP contribution in [-0.2, 0) is 0 Å². The van der Waals surface area contributed by atoms with Crippen LogP contribution in [0.4, 0.5) is 11.9 Å². The predicted molar refractivity (Wildman–Crippen MR) is 73.3 cm³/mol. The Bertz CT molecular complexity index is 371. The molecular formula is C12H23N5O. The molecule has 0 saturated heterocycles. The minimum atomic E-state index is 0.369. The highest BCUT2D eigenvalue weighted by Crippen LogP contribution is 2.17. The molecule has 0 radical (unpaired) electrons. The first-order chi connectivity index (χ1) is 8.65. The fourth-order valence-corrected chi connectivity index (χ4v) is 1.65. The van der Waals surface area contributed by atoms with E-state index in [9.17, 15) is 0 Å². The molecule has 1 heterocycles. The van der Waals surface area contributed by atoms with Crippen LogP contribution in [0.15, 0.2) is 0 Å². The van der Waals surface area contributed by atoms with Gasteiger partial charge >= 0.3 is 6.01 Å². The van der Waals surface area contributed by atoms with Crippen LogP contribution < -0.4 is 15.0 Å². The van der Waals surface area contributed by atoms with Gasteiger partial charge in [-0.1, -0.05) is 6.92 Å². The molecular weight excluding hydrogens is 230 g/mol. The summed E-state index contributed by atoms with van der Waals surface area (Å²) in [4.78, 5) is 15.0. The summed E-state index contributed by atoms with van der Waals surface area (Å²) < 4.78 is 5.37. The molecule has 18 heavy (non-hydrogen) atoms. The van der Waals surface area contributed by atoms with Gasteiger partial charge in [0, 0.05) is 19.6 Å². The summed E-state index contributed by atoms with van der Waals surface area (Å²) in [7, 11) is 1.79. The molecule has 0 spiro atoms. The van der Waals surface area contributed by atoms with Gasteiger partial charge in [0.05, 0.1) is 6.61 Å². The quantitative estimate of drug-likeness (QED) is 0.801. The van der Waals surface area contributed by atoms with Gasteiger partial charge < -0.3 is 15.0 Å². The molecule has 0 bridgehead atoms. The molecule has 1 atom stereocenters. The van der Waals surface area contributed by atoms with Gasteiger partial charge in [-0.15, -0.1) is 0 Å². The standard InChI is InChI=1S/C12H23N5O/c1-6-9(4)17(7-2)11-14-10(13-5)15-12(16-11)18-8-3/h9H,6-8H2,1-5H3,(H,13,14,15,16). The van der Waals surface area contributed by atoms with E-state index in [-0.39, 0.29) is 0 Å². The second-order valence-electron chi connectivity index (χ2n) is 3.97. The van der Waals surface area contributed by atoms with Crippen LogP contribution in [0.1, 0.15) is 34.1 Å². The summed E-state index contributed by atoms with van der Waals surface area (Å²) in [5.74, 6) is 1.19. The third-order valence-electron chi connectivity index (χ3n) is 2.82. The molecule has 102 valence electrons. The maximum Gasteiger partial charge on any atom is 0.323 e. The molecule has 0 saturated carbocycles. The number of rotatable bonds is 7. The van der Waals surface area contributed by atoms with Crippen molar-refractivity contribution in [1.29, 1.82) is 0 Å². The third-order valence-corrected chi connectivity index (χ3v) is 2.82. The van der Waals surface area contributed by atoms with Crippen molar-refractivity contribution < 1.29 is 4.74 Å². The predicted octanol–water partition coefficient (Wildman–Crippen LogP) is 1.94. The summed E-state index contributed by atoms with van der Waals surface area (Å²) in [6, 6.07) is 0.755. The molecule has 6 nitrogen and oxygen atoms in total. The van der Waals surface area contributed by atoms with Crippen LogP contribution in [0, 0.1) is 0 Å². The van der Waals surface area contributed by atoms with Gasteiger partial charge in [0.25, 0.3) is 0 Å². The summed E-state index contributed by atoms with van der Waals surface area (Å²) in [5.41, 5.74) is 0. The van der Waals surface area contributed by atoms with Crippen molar-refractivity contribution >= 4 is 11.9 Å². The lowest BCUT2D eigenvalue weighted by Gasteiger charge is -2.27. The number of nitrogens with one attached hydrogen (secondary N) is 1. The maximum atomic E-state index is 5.37. The van der Waals surface area contributed by atoms with Crippen molar-refractivity contribution in [2.24, 2.45) is 0 Å². The van der Waals surface area contributed by atoms with E-state index in [0.29, 0.717) is 30.6 Å². The highest BCUT2D eigenvalue weighted by atomic mass is 16.5. The van der Waals surface area contributed by atoms with E-state index >= 15 is 0 Å². The van der Waals surface area contributed by atoms with Crippen molar-refractivity contribution in [3.05, 3.63) is 0 Å². The molecule has 0 aliphatic rings. The van der Waals surface area contributed by atoms with Gasteiger partial charge in [-0.3, -0.25) is 0 Å². The Morgan fingerprint density at radius 3 is 2.44 bits per heavy atom. The molecule has 1 unspecified atom stereocenters. The molecule has 1 aromatic rings. The minimum absolute atomic E-state index is 0.369. The Hall–Kier alpha value is -1.59. The Balaban J connectivity index is 3.08. The fraction of sp³-hybridized carbons (Fsp3) is 0.750. The molecule has 0 amide bonds. The number of aromatic nitrogens is 3. The highest BCUT2D eigenvalue weighted by Gasteiger charge is 2.16. The molecule has 1 N–H and O–H groups in total. The third kappa shape index (κ3) is 3.45. The van der Waals surface area contributed by atoms with Crippen LogP contribution in [0.2, 0.25) is 0 Å². The second-order valence-corrected chi connectivity index (χ2v) is 3.97. The van der Waals surface area contributed by atoms with E-state index in [0.717, 1.165) is 13.0 Å². The normalized spacial score (nSPS) is 12.1. The molecule has 1 rings (SSSR count). The Labute approximate surface area is 109 Å². The second kappa shape index (κ2) is 6.98. The van der Waals surface area contributed by atoms with E-state index in [4.69, 9.17) is 4.74 Å². The van der Waals surface area contributed by atoms with E-state index < -0.39 is 0 Å². The summed E-state index contributed by atoms with van der Waals surface area (Å²) in [6.07, 6.45) is 1.04. The van der Waals surface area contributed by atoms with E-state index in [2.05, 4.69) is 45.9 Å². The van der Waals surface area contributed by atoms with Crippen LogP contribution in [-0.4, -0.2) is 41.2 Å². The van der Waals surface area contributed by atoms with Gasteiger partial charge in [0.2, 0.25) is 11.9 Å².